The van der Waals surface area contributed by atoms with Gasteiger partial charge in [-0.25, -0.2) is 0 Å². The Kier molecular flexibility index (Phi) is 6.26. The van der Waals surface area contributed by atoms with Crippen LogP contribution in [0.3, 0.4) is 0 Å². The van der Waals surface area contributed by atoms with E-state index in [-0.39, 0.29) is 0 Å². The molecule has 1 fully saturated rings. The lowest BCUT2D eigenvalue weighted by molar-refractivity contribution is 0.387. The van der Waals surface area contributed by atoms with Crippen molar-refractivity contribution in [3.05, 3.63) is 0 Å². The topological polar surface area (TPSA) is 12.5 Å². The largest absolute Gasteiger partial charge is 0.373 e. The van der Waals surface area contributed by atoms with Gasteiger partial charge in [0.25, 0.3) is 0 Å². The van der Waals surface area contributed by atoms with Crippen LogP contribution in [0.2, 0.25) is 0 Å². The Morgan fingerprint density at radius 1 is 0.923 bits per heavy atom. The minimum atomic E-state index is 0.653. The van der Waals surface area contributed by atoms with Gasteiger partial charge in [0, 0.05) is 0 Å². The van der Waals surface area contributed by atoms with Gasteiger partial charge in [0.1, 0.15) is 0 Å². The summed E-state index contributed by atoms with van der Waals surface area (Å²) in [6.07, 6.45) is 13.4. The van der Waals surface area contributed by atoms with Crippen molar-refractivity contribution in [2.75, 3.05) is 6.61 Å². The van der Waals surface area contributed by atoms with Crippen LogP contribution >= 0.6 is 0 Å². The minimum Gasteiger partial charge on any atom is -0.373 e. The Morgan fingerprint density at radius 3 is 2.00 bits per heavy atom. The molecule has 1 aliphatic rings. The smallest absolute Gasteiger partial charge is 0.0810 e. The molecule has 13 heavy (non-hydrogen) atoms. The first-order valence-electron chi connectivity index (χ1n) is 6.05. The van der Waals surface area contributed by atoms with Crippen molar-refractivity contribution in [1.82, 2.24) is 0 Å². The highest BCUT2D eigenvalue weighted by Gasteiger charge is 2.20. The summed E-state index contributed by atoms with van der Waals surface area (Å²) in [6, 6.07) is 0. The van der Waals surface area contributed by atoms with E-state index in [0.717, 1.165) is 6.61 Å². The van der Waals surface area contributed by atoms with Crippen molar-refractivity contribution < 1.29 is 4.74 Å². The predicted molar refractivity (Wildman–Crippen MR) is 57.0 cm³/mol. The van der Waals surface area contributed by atoms with Gasteiger partial charge in [-0.05, 0) is 6.42 Å². The standard InChI is InChI=1S/C12H24O/c1-2-3-4-5-6-7-8-9-10-12-11-13-12/h12H,2-11H2,1H3/t12-/m1/s1. The van der Waals surface area contributed by atoms with Crippen LogP contribution in [0, 0.1) is 0 Å². The summed E-state index contributed by atoms with van der Waals surface area (Å²) < 4.78 is 5.17. The molecule has 0 spiro atoms. The second kappa shape index (κ2) is 7.37. The Labute approximate surface area is 82.9 Å². The fraction of sp³-hybridized carbons (Fsp3) is 1.00. The molecule has 0 aromatic carbocycles. The lowest BCUT2D eigenvalue weighted by atomic mass is 10.1. The van der Waals surface area contributed by atoms with Gasteiger partial charge in [0.2, 0.25) is 0 Å². The molecule has 0 radical (unpaired) electrons. The van der Waals surface area contributed by atoms with Crippen LogP contribution in [-0.2, 0) is 4.74 Å². The van der Waals surface area contributed by atoms with E-state index < -0.39 is 0 Å². The van der Waals surface area contributed by atoms with E-state index in [1.165, 1.54) is 57.8 Å². The van der Waals surface area contributed by atoms with Crippen LogP contribution < -0.4 is 0 Å². The van der Waals surface area contributed by atoms with Crippen molar-refractivity contribution in [2.24, 2.45) is 0 Å². The molecule has 1 heteroatoms. The zero-order valence-corrected chi connectivity index (χ0v) is 9.06. The molecule has 0 aromatic rings. The molecule has 0 saturated carbocycles. The quantitative estimate of drug-likeness (QED) is 0.391. The number of rotatable bonds is 9. The Bertz CT molecular complexity index is 108. The van der Waals surface area contributed by atoms with E-state index in [1.54, 1.807) is 0 Å². The third kappa shape index (κ3) is 7.06. The van der Waals surface area contributed by atoms with Crippen molar-refractivity contribution in [2.45, 2.75) is 70.8 Å². The molecule has 1 atom stereocenters. The van der Waals surface area contributed by atoms with Crippen LogP contribution in [0.1, 0.15) is 64.7 Å². The maximum absolute atomic E-state index is 5.17. The van der Waals surface area contributed by atoms with E-state index in [4.69, 9.17) is 4.74 Å². The lowest BCUT2D eigenvalue weighted by Crippen LogP contribution is -1.85. The molecule has 0 N–H and O–H groups in total. The van der Waals surface area contributed by atoms with Crippen molar-refractivity contribution >= 4 is 0 Å². The highest BCUT2D eigenvalue weighted by atomic mass is 16.6. The summed E-state index contributed by atoms with van der Waals surface area (Å²) in [7, 11) is 0. The van der Waals surface area contributed by atoms with Gasteiger partial charge in [-0.15, -0.1) is 0 Å². The van der Waals surface area contributed by atoms with Gasteiger partial charge in [-0.3, -0.25) is 0 Å². The van der Waals surface area contributed by atoms with Gasteiger partial charge >= 0.3 is 0 Å². The third-order valence-electron chi connectivity index (χ3n) is 2.78. The number of unbranched alkanes of at least 4 members (excludes halogenated alkanes) is 7. The second-order valence-corrected chi connectivity index (χ2v) is 4.22. The van der Waals surface area contributed by atoms with E-state index in [9.17, 15) is 0 Å². The molecule has 1 nitrogen and oxygen atoms in total. The summed E-state index contributed by atoms with van der Waals surface area (Å²) in [5.41, 5.74) is 0. The van der Waals surface area contributed by atoms with E-state index in [0.29, 0.717) is 6.10 Å². The monoisotopic (exact) mass is 184 g/mol. The Hall–Kier alpha value is -0.0400. The number of hydrogen-bond acceptors (Lipinski definition) is 1. The van der Waals surface area contributed by atoms with Crippen LogP contribution in [0.15, 0.2) is 0 Å². The van der Waals surface area contributed by atoms with E-state index in [1.807, 2.05) is 0 Å². The fourth-order valence-corrected chi connectivity index (χ4v) is 1.74. The van der Waals surface area contributed by atoms with Gasteiger partial charge in [0.15, 0.2) is 0 Å². The van der Waals surface area contributed by atoms with E-state index >= 15 is 0 Å². The molecule has 1 aliphatic heterocycles. The van der Waals surface area contributed by atoms with Crippen molar-refractivity contribution in [3.63, 3.8) is 0 Å². The first-order valence-corrected chi connectivity index (χ1v) is 6.05. The third-order valence-corrected chi connectivity index (χ3v) is 2.78. The molecule has 1 saturated heterocycles. The van der Waals surface area contributed by atoms with Gasteiger partial charge in [0.05, 0.1) is 12.7 Å². The normalized spacial score (nSPS) is 20.5. The second-order valence-electron chi connectivity index (χ2n) is 4.22. The molecule has 0 unspecified atom stereocenters. The number of hydrogen-bond donors (Lipinski definition) is 0. The summed E-state index contributed by atoms with van der Waals surface area (Å²) in [5.74, 6) is 0. The summed E-state index contributed by atoms with van der Waals surface area (Å²) in [6.45, 7) is 3.31. The molecule has 0 aliphatic carbocycles. The van der Waals surface area contributed by atoms with Gasteiger partial charge in [-0.2, -0.15) is 0 Å². The van der Waals surface area contributed by atoms with E-state index in [2.05, 4.69) is 6.92 Å². The fourth-order valence-electron chi connectivity index (χ4n) is 1.74. The average molecular weight is 184 g/mol. The SMILES string of the molecule is CCCCCCCCCC[C@@H]1CO1. The van der Waals surface area contributed by atoms with Crippen LogP contribution in [0.25, 0.3) is 0 Å². The molecule has 0 amide bonds. The zero-order chi connectivity index (χ0) is 9.36. The molecule has 0 bridgehead atoms. The first kappa shape index (κ1) is 11.0. The maximum atomic E-state index is 5.17. The maximum Gasteiger partial charge on any atom is 0.0810 e. The predicted octanol–water partition coefficient (Wildman–Crippen LogP) is 3.92. The number of epoxide rings is 1. The van der Waals surface area contributed by atoms with Crippen LogP contribution in [0.4, 0.5) is 0 Å². The average Bonchev–Trinajstić information content (AvgIpc) is 2.93. The minimum absolute atomic E-state index is 0.653. The van der Waals surface area contributed by atoms with Crippen LogP contribution in [0.5, 0.6) is 0 Å². The molecule has 1 rings (SSSR count). The highest BCUT2D eigenvalue weighted by molar-refractivity contribution is 4.68. The molecular formula is C12H24O. The Balaban J connectivity index is 1.63. The van der Waals surface area contributed by atoms with Gasteiger partial charge in [-0.1, -0.05) is 58.3 Å². The summed E-state index contributed by atoms with van der Waals surface area (Å²) in [5, 5.41) is 0. The Morgan fingerprint density at radius 2 is 1.46 bits per heavy atom. The first-order chi connectivity index (χ1) is 6.43. The summed E-state index contributed by atoms with van der Waals surface area (Å²) in [4.78, 5) is 0. The molecule has 1 heterocycles. The molecular weight excluding hydrogens is 160 g/mol. The number of ether oxygens (including phenoxy) is 1. The van der Waals surface area contributed by atoms with Crippen LogP contribution in [-0.4, -0.2) is 12.7 Å². The van der Waals surface area contributed by atoms with Crippen molar-refractivity contribution in [3.8, 4) is 0 Å². The van der Waals surface area contributed by atoms with Gasteiger partial charge < -0.3 is 4.74 Å². The zero-order valence-electron chi connectivity index (χ0n) is 9.06. The lowest BCUT2D eigenvalue weighted by Gasteiger charge is -1.99. The summed E-state index contributed by atoms with van der Waals surface area (Å²) >= 11 is 0. The molecule has 78 valence electrons. The molecule has 0 aromatic heterocycles. The van der Waals surface area contributed by atoms with Crippen molar-refractivity contribution in [1.29, 1.82) is 0 Å². The highest BCUT2D eigenvalue weighted by Crippen LogP contribution is 2.18.